The molecule has 0 spiro atoms. The van der Waals surface area contributed by atoms with Crippen molar-refractivity contribution in [1.82, 2.24) is 5.32 Å². The number of benzene rings is 1. The summed E-state index contributed by atoms with van der Waals surface area (Å²) in [6.07, 6.45) is 1.38. The molecule has 0 saturated heterocycles. The van der Waals surface area contributed by atoms with Gasteiger partial charge in [-0.3, -0.25) is 0 Å². The van der Waals surface area contributed by atoms with Crippen LogP contribution in [0.3, 0.4) is 0 Å². The zero-order valence-corrected chi connectivity index (χ0v) is 6.59. The van der Waals surface area contributed by atoms with Crippen LogP contribution < -0.4 is 5.32 Å². The molecule has 0 fully saturated rings. The van der Waals surface area contributed by atoms with Crippen molar-refractivity contribution in [3.05, 3.63) is 35.4 Å². The van der Waals surface area contributed by atoms with Gasteiger partial charge in [-0.1, -0.05) is 24.3 Å². The predicted octanol–water partition coefficient (Wildman–Crippen LogP) is 1.40. The number of nitrogens with one attached hydrogen (secondary N) is 2. The monoisotopic (exact) mass is 148 g/mol. The van der Waals surface area contributed by atoms with Gasteiger partial charge >= 0.3 is 0 Å². The van der Waals surface area contributed by atoms with Crippen molar-refractivity contribution in [3.8, 4) is 0 Å². The standard InChI is InChI=1S/C9H12N2/c1-11-7-9-5-3-2-4-8(9)6-10/h2-6,10-11H,7H2,1H3. The normalized spacial score (nSPS) is 9.55. The molecule has 0 amide bonds. The van der Waals surface area contributed by atoms with Crippen molar-refractivity contribution in [3.63, 3.8) is 0 Å². The summed E-state index contributed by atoms with van der Waals surface area (Å²) in [5.74, 6) is 0. The number of hydrogen-bond acceptors (Lipinski definition) is 2. The molecule has 0 saturated carbocycles. The van der Waals surface area contributed by atoms with Crippen LogP contribution in [-0.2, 0) is 6.54 Å². The predicted molar refractivity (Wildman–Crippen MR) is 47.1 cm³/mol. The van der Waals surface area contributed by atoms with E-state index < -0.39 is 0 Å². The molecule has 0 unspecified atom stereocenters. The van der Waals surface area contributed by atoms with E-state index in [0.717, 1.165) is 12.1 Å². The van der Waals surface area contributed by atoms with Gasteiger partial charge in [0, 0.05) is 12.8 Å². The molecule has 0 aliphatic carbocycles. The summed E-state index contributed by atoms with van der Waals surface area (Å²) < 4.78 is 0. The molecule has 0 aliphatic rings. The molecule has 0 atom stereocenters. The van der Waals surface area contributed by atoms with Gasteiger partial charge in [0.1, 0.15) is 0 Å². The summed E-state index contributed by atoms with van der Waals surface area (Å²) >= 11 is 0. The summed E-state index contributed by atoms with van der Waals surface area (Å²) in [5, 5.41) is 10.2. The Bertz CT molecular complexity index is 243. The van der Waals surface area contributed by atoms with Gasteiger partial charge in [-0.15, -0.1) is 0 Å². The molecular weight excluding hydrogens is 136 g/mol. The maximum absolute atomic E-state index is 7.11. The highest BCUT2D eigenvalue weighted by Gasteiger charge is 1.94. The third kappa shape index (κ3) is 1.88. The number of rotatable bonds is 3. The summed E-state index contributed by atoms with van der Waals surface area (Å²) in [4.78, 5) is 0. The lowest BCUT2D eigenvalue weighted by molar-refractivity contribution is 0.817. The van der Waals surface area contributed by atoms with Crippen LogP contribution in [0.2, 0.25) is 0 Å². The Morgan fingerprint density at radius 3 is 2.82 bits per heavy atom. The summed E-state index contributed by atoms with van der Waals surface area (Å²) in [6, 6.07) is 7.90. The van der Waals surface area contributed by atoms with Gasteiger partial charge in [0.25, 0.3) is 0 Å². The Hall–Kier alpha value is -1.15. The van der Waals surface area contributed by atoms with E-state index in [1.807, 2.05) is 31.3 Å². The molecule has 1 aromatic carbocycles. The van der Waals surface area contributed by atoms with Crippen LogP contribution in [-0.4, -0.2) is 13.3 Å². The highest BCUT2D eigenvalue weighted by atomic mass is 14.8. The van der Waals surface area contributed by atoms with Gasteiger partial charge in [0.2, 0.25) is 0 Å². The maximum Gasteiger partial charge on any atom is 0.0253 e. The van der Waals surface area contributed by atoms with Crippen molar-refractivity contribution < 1.29 is 0 Å². The SMILES string of the molecule is CNCc1ccccc1C=N. The van der Waals surface area contributed by atoms with Crippen LogP contribution in [0.1, 0.15) is 11.1 Å². The van der Waals surface area contributed by atoms with E-state index in [1.165, 1.54) is 11.8 Å². The second kappa shape index (κ2) is 3.88. The largest absolute Gasteiger partial charge is 0.316 e. The number of hydrogen-bond donors (Lipinski definition) is 2. The summed E-state index contributed by atoms with van der Waals surface area (Å²) in [5.41, 5.74) is 2.16. The molecule has 2 heteroatoms. The van der Waals surface area contributed by atoms with E-state index in [4.69, 9.17) is 5.41 Å². The third-order valence-electron chi connectivity index (χ3n) is 1.58. The highest BCUT2D eigenvalue weighted by Crippen LogP contribution is 2.04. The van der Waals surface area contributed by atoms with Gasteiger partial charge < -0.3 is 10.7 Å². The van der Waals surface area contributed by atoms with E-state index in [0.29, 0.717) is 0 Å². The summed E-state index contributed by atoms with van der Waals surface area (Å²) in [6.45, 7) is 0.825. The molecule has 0 radical (unpaired) electrons. The van der Waals surface area contributed by atoms with Crippen LogP contribution in [0.4, 0.5) is 0 Å². The van der Waals surface area contributed by atoms with Crippen LogP contribution >= 0.6 is 0 Å². The third-order valence-corrected chi connectivity index (χ3v) is 1.58. The minimum Gasteiger partial charge on any atom is -0.316 e. The van der Waals surface area contributed by atoms with Crippen molar-refractivity contribution >= 4 is 6.21 Å². The van der Waals surface area contributed by atoms with E-state index >= 15 is 0 Å². The van der Waals surface area contributed by atoms with Crippen molar-refractivity contribution in [2.24, 2.45) is 0 Å². The van der Waals surface area contributed by atoms with Crippen molar-refractivity contribution in [1.29, 1.82) is 5.41 Å². The quantitative estimate of drug-likeness (QED) is 0.624. The fraction of sp³-hybridized carbons (Fsp3) is 0.222. The van der Waals surface area contributed by atoms with Gasteiger partial charge in [-0.2, -0.15) is 0 Å². The Kier molecular flexibility index (Phi) is 2.81. The molecule has 58 valence electrons. The second-order valence-corrected chi connectivity index (χ2v) is 2.37. The van der Waals surface area contributed by atoms with Gasteiger partial charge in [-0.05, 0) is 18.2 Å². The molecule has 11 heavy (non-hydrogen) atoms. The molecule has 0 bridgehead atoms. The molecule has 2 nitrogen and oxygen atoms in total. The lowest BCUT2D eigenvalue weighted by atomic mass is 10.1. The van der Waals surface area contributed by atoms with Crippen LogP contribution in [0.5, 0.6) is 0 Å². The molecule has 0 aliphatic heterocycles. The molecular formula is C9H12N2. The van der Waals surface area contributed by atoms with Crippen molar-refractivity contribution in [2.45, 2.75) is 6.54 Å². The lowest BCUT2D eigenvalue weighted by Gasteiger charge is -2.02. The second-order valence-electron chi connectivity index (χ2n) is 2.37. The van der Waals surface area contributed by atoms with Crippen molar-refractivity contribution in [2.75, 3.05) is 7.05 Å². The minimum atomic E-state index is 0.825. The fourth-order valence-corrected chi connectivity index (χ4v) is 1.03. The first-order valence-corrected chi connectivity index (χ1v) is 3.61. The Labute approximate surface area is 66.8 Å². The fourth-order valence-electron chi connectivity index (χ4n) is 1.03. The first-order chi connectivity index (χ1) is 5.38. The first kappa shape index (κ1) is 7.95. The van der Waals surface area contributed by atoms with Gasteiger partial charge in [0.05, 0.1) is 0 Å². The minimum absolute atomic E-state index is 0.825. The summed E-state index contributed by atoms with van der Waals surface area (Å²) in [7, 11) is 1.90. The molecule has 0 aromatic heterocycles. The first-order valence-electron chi connectivity index (χ1n) is 3.61. The average molecular weight is 148 g/mol. The topological polar surface area (TPSA) is 35.9 Å². The molecule has 1 rings (SSSR count). The molecule has 1 aromatic rings. The van der Waals surface area contributed by atoms with Gasteiger partial charge in [-0.25, -0.2) is 0 Å². The van der Waals surface area contributed by atoms with Gasteiger partial charge in [0.15, 0.2) is 0 Å². The highest BCUT2D eigenvalue weighted by molar-refractivity contribution is 5.79. The lowest BCUT2D eigenvalue weighted by Crippen LogP contribution is -2.07. The van der Waals surface area contributed by atoms with E-state index in [9.17, 15) is 0 Å². The zero-order chi connectivity index (χ0) is 8.10. The Balaban J connectivity index is 2.92. The van der Waals surface area contributed by atoms with Crippen LogP contribution in [0.15, 0.2) is 24.3 Å². The molecule has 0 heterocycles. The van der Waals surface area contributed by atoms with Crippen LogP contribution in [0.25, 0.3) is 0 Å². The van der Waals surface area contributed by atoms with E-state index in [2.05, 4.69) is 5.32 Å². The Morgan fingerprint density at radius 1 is 1.45 bits per heavy atom. The smallest absolute Gasteiger partial charge is 0.0253 e. The molecule has 2 N–H and O–H groups in total. The Morgan fingerprint density at radius 2 is 2.18 bits per heavy atom. The zero-order valence-electron chi connectivity index (χ0n) is 6.59. The average Bonchev–Trinajstić information content (AvgIpc) is 2.06. The van der Waals surface area contributed by atoms with E-state index in [1.54, 1.807) is 0 Å². The van der Waals surface area contributed by atoms with E-state index in [-0.39, 0.29) is 0 Å². The van der Waals surface area contributed by atoms with Crippen LogP contribution in [0, 0.1) is 5.41 Å². The maximum atomic E-state index is 7.11.